The minimum atomic E-state index is -5.00. The molecule has 1 saturated heterocycles. The van der Waals surface area contributed by atoms with E-state index in [-0.39, 0.29) is 23.1 Å². The van der Waals surface area contributed by atoms with Gasteiger partial charge >= 0.3 is 12.1 Å². The molecule has 2 amide bonds. The molecular weight excluding hydrogens is 560 g/mol. The van der Waals surface area contributed by atoms with Crippen molar-refractivity contribution in [2.45, 2.75) is 31.9 Å². The zero-order valence-corrected chi connectivity index (χ0v) is 22.4. The summed E-state index contributed by atoms with van der Waals surface area (Å²) in [4.78, 5) is 44.2. The first-order valence-corrected chi connectivity index (χ1v) is 13.5. The number of nitrogens with zero attached hydrogens (tertiary/aromatic N) is 3. The zero-order valence-electron chi connectivity index (χ0n) is 22.4. The summed E-state index contributed by atoms with van der Waals surface area (Å²) in [6.45, 7) is 1.68. The summed E-state index contributed by atoms with van der Waals surface area (Å²) in [5, 5.41) is 11.3. The van der Waals surface area contributed by atoms with E-state index in [9.17, 15) is 27.6 Å². The highest BCUT2D eigenvalue weighted by atomic mass is 19.4. The van der Waals surface area contributed by atoms with Gasteiger partial charge in [-0.2, -0.15) is 13.2 Å². The molecule has 42 heavy (non-hydrogen) atoms. The van der Waals surface area contributed by atoms with Gasteiger partial charge in [0.25, 0.3) is 5.91 Å². The van der Waals surface area contributed by atoms with Crippen LogP contribution in [0.5, 0.6) is 0 Å². The number of hydrogen-bond acceptors (Lipinski definition) is 6. The Morgan fingerprint density at radius 1 is 0.929 bits per heavy atom. The van der Waals surface area contributed by atoms with Crippen LogP contribution in [0.15, 0.2) is 52.9 Å². The molecule has 13 heteroatoms. The largest absolute Gasteiger partial charge is 0.481 e. The third-order valence-electron chi connectivity index (χ3n) is 7.70. The van der Waals surface area contributed by atoms with Crippen LogP contribution < -0.4 is 10.2 Å². The highest BCUT2D eigenvalue weighted by Crippen LogP contribution is 2.36. The first-order valence-electron chi connectivity index (χ1n) is 13.5. The van der Waals surface area contributed by atoms with Gasteiger partial charge in [-0.05, 0) is 56.0 Å². The molecule has 9 nitrogen and oxygen atoms in total. The summed E-state index contributed by atoms with van der Waals surface area (Å²) < 4.78 is 60.7. The topological polar surface area (TPSA) is 116 Å². The fourth-order valence-electron chi connectivity index (χ4n) is 5.38. The predicted octanol–water partition coefficient (Wildman–Crippen LogP) is 5.29. The second kappa shape index (κ2) is 11.8. The fraction of sp³-hybridized carbons (Fsp3) is 0.379. The number of aliphatic carboxylic acids is 1. The van der Waals surface area contributed by atoms with E-state index in [0.717, 1.165) is 0 Å². The molecule has 2 N–H and O–H groups in total. The molecule has 0 atom stereocenters. The van der Waals surface area contributed by atoms with E-state index in [1.165, 1.54) is 30.3 Å². The third-order valence-corrected chi connectivity index (χ3v) is 7.70. The minimum absolute atomic E-state index is 0.00392. The van der Waals surface area contributed by atoms with E-state index in [1.807, 2.05) is 4.90 Å². The van der Waals surface area contributed by atoms with Gasteiger partial charge in [-0.3, -0.25) is 14.4 Å². The van der Waals surface area contributed by atoms with Crippen LogP contribution in [0.1, 0.15) is 41.9 Å². The number of alkyl halides is 3. The van der Waals surface area contributed by atoms with E-state index in [1.54, 1.807) is 23.1 Å². The lowest BCUT2D eigenvalue weighted by atomic mass is 9.81. The van der Waals surface area contributed by atoms with Crippen molar-refractivity contribution in [3.05, 3.63) is 65.8 Å². The lowest BCUT2D eigenvalue weighted by molar-refractivity contribution is -0.153. The van der Waals surface area contributed by atoms with Crippen molar-refractivity contribution < 1.29 is 41.5 Å². The van der Waals surface area contributed by atoms with Gasteiger partial charge in [-0.1, -0.05) is 18.2 Å². The Morgan fingerprint density at radius 2 is 1.57 bits per heavy atom. The molecule has 1 saturated carbocycles. The first kappa shape index (κ1) is 29.1. The molecule has 2 aromatic carbocycles. The number of benzene rings is 2. The Morgan fingerprint density at radius 3 is 2.17 bits per heavy atom. The number of carbonyl (C=O) groups excluding carboxylic acids is 2. The van der Waals surface area contributed by atoms with Crippen molar-refractivity contribution >= 4 is 29.2 Å². The van der Waals surface area contributed by atoms with Crippen molar-refractivity contribution in [3.63, 3.8) is 0 Å². The van der Waals surface area contributed by atoms with Crippen LogP contribution in [-0.4, -0.2) is 59.0 Å². The van der Waals surface area contributed by atoms with Crippen LogP contribution in [0.3, 0.4) is 0 Å². The number of anilines is 2. The Labute approximate surface area is 238 Å². The molecule has 0 unspecified atom stereocenters. The molecule has 1 aromatic heterocycles. The van der Waals surface area contributed by atoms with Gasteiger partial charge in [0.2, 0.25) is 17.6 Å². The lowest BCUT2D eigenvalue weighted by Crippen LogP contribution is -2.50. The van der Waals surface area contributed by atoms with Gasteiger partial charge in [0.15, 0.2) is 5.69 Å². The van der Waals surface area contributed by atoms with Crippen LogP contribution in [0.25, 0.3) is 11.5 Å². The van der Waals surface area contributed by atoms with E-state index in [0.29, 0.717) is 57.5 Å². The molecule has 2 fully saturated rings. The molecule has 1 aliphatic heterocycles. The Kier molecular flexibility index (Phi) is 8.19. The van der Waals surface area contributed by atoms with Gasteiger partial charge in [0.1, 0.15) is 5.82 Å². The maximum absolute atomic E-state index is 15.0. The summed E-state index contributed by atoms with van der Waals surface area (Å²) in [5.74, 6) is -5.52. The molecule has 3 aromatic rings. The predicted molar refractivity (Wildman–Crippen MR) is 143 cm³/mol. The molecule has 0 radical (unpaired) electrons. The zero-order chi connectivity index (χ0) is 30.0. The normalized spacial score (nSPS) is 19.4. The smallest absolute Gasteiger partial charge is 0.452 e. The first-order chi connectivity index (χ1) is 20.0. The number of amides is 2. The number of hydrogen-bond donors (Lipinski definition) is 2. The van der Waals surface area contributed by atoms with E-state index in [2.05, 4.69) is 10.3 Å². The number of halogens is 4. The number of carboxylic acid groups (broad SMARTS) is 1. The van der Waals surface area contributed by atoms with Gasteiger partial charge in [-0.15, -0.1) is 0 Å². The number of carboxylic acids is 1. The second-order valence-corrected chi connectivity index (χ2v) is 10.4. The summed E-state index contributed by atoms with van der Waals surface area (Å²) in [5.41, 5.74) is -0.609. The summed E-state index contributed by atoms with van der Waals surface area (Å²) in [6, 6.07) is 11.7. The van der Waals surface area contributed by atoms with Crippen LogP contribution in [0.2, 0.25) is 0 Å². The van der Waals surface area contributed by atoms with Crippen molar-refractivity contribution in [1.82, 2.24) is 9.88 Å². The molecule has 1 aliphatic carbocycles. The average molecular weight is 589 g/mol. The van der Waals surface area contributed by atoms with Crippen molar-refractivity contribution in [2.24, 2.45) is 11.8 Å². The number of aromatic nitrogens is 1. The fourth-order valence-corrected chi connectivity index (χ4v) is 5.38. The van der Waals surface area contributed by atoms with Gasteiger partial charge in [-0.25, -0.2) is 9.37 Å². The monoisotopic (exact) mass is 588 g/mol. The Bertz CT molecular complexity index is 1460. The van der Waals surface area contributed by atoms with E-state index in [4.69, 9.17) is 9.52 Å². The summed E-state index contributed by atoms with van der Waals surface area (Å²) >= 11 is 0. The van der Waals surface area contributed by atoms with Crippen molar-refractivity contribution in [3.8, 4) is 11.5 Å². The van der Waals surface area contributed by atoms with Crippen LogP contribution in [0.4, 0.5) is 28.9 Å². The number of carbonyl (C=O) groups is 3. The molecule has 0 bridgehead atoms. The molecule has 222 valence electrons. The third kappa shape index (κ3) is 6.24. The van der Waals surface area contributed by atoms with Crippen molar-refractivity contribution in [2.75, 3.05) is 36.4 Å². The number of piperazine rings is 1. The van der Waals surface area contributed by atoms with Crippen LogP contribution in [-0.2, 0) is 15.8 Å². The quantitative estimate of drug-likeness (QED) is 0.376. The molecule has 2 aliphatic rings. The summed E-state index contributed by atoms with van der Waals surface area (Å²) in [7, 11) is 0. The van der Waals surface area contributed by atoms with Crippen LogP contribution in [0, 0.1) is 17.7 Å². The van der Waals surface area contributed by atoms with E-state index < -0.39 is 47.1 Å². The minimum Gasteiger partial charge on any atom is -0.481 e. The Hall–Kier alpha value is -4.42. The summed E-state index contributed by atoms with van der Waals surface area (Å²) in [6.07, 6.45) is -2.95. The maximum atomic E-state index is 15.0. The number of rotatable bonds is 6. The van der Waals surface area contributed by atoms with Crippen LogP contribution >= 0.6 is 0 Å². The highest BCUT2D eigenvalue weighted by molar-refractivity contribution is 6.04. The molecular formula is C29H28F4N4O5. The molecule has 0 spiro atoms. The highest BCUT2D eigenvalue weighted by Gasteiger charge is 2.42. The molecule has 5 rings (SSSR count). The van der Waals surface area contributed by atoms with Gasteiger partial charge in [0, 0.05) is 43.3 Å². The molecule has 2 heterocycles. The lowest BCUT2D eigenvalue weighted by Gasteiger charge is -2.38. The van der Waals surface area contributed by atoms with Gasteiger partial charge < -0.3 is 24.6 Å². The Balaban J connectivity index is 1.22. The average Bonchev–Trinajstić information content (AvgIpc) is 3.45. The van der Waals surface area contributed by atoms with E-state index >= 15 is 4.39 Å². The standard InChI is InChI=1S/C29H28F4N4O5/c30-21-16-20(36-12-14-37(15-13-36)27(39)18-6-8-19(9-7-18)28(40)41)10-11-22(21)34-25(38)23-24(29(31,32)33)42-26(35-23)17-4-2-1-3-5-17/h1-5,10-11,16,18-19H,6-9,12-15H2,(H,34,38)(H,40,41). The number of nitrogens with one attached hydrogen (secondary N) is 1. The number of oxazole rings is 1. The van der Waals surface area contributed by atoms with Gasteiger partial charge in [0.05, 0.1) is 11.6 Å². The van der Waals surface area contributed by atoms with Crippen molar-refractivity contribution in [1.29, 1.82) is 0 Å². The SMILES string of the molecule is O=C(Nc1ccc(N2CCN(C(=O)C3CCC(C(=O)O)CC3)CC2)cc1F)c1nc(-c2ccccc2)oc1C(F)(F)F. The second-order valence-electron chi connectivity index (χ2n) is 10.4. The maximum Gasteiger partial charge on any atom is 0.452 e.